The first kappa shape index (κ1) is 22.3. The molecule has 6 nitrogen and oxygen atoms in total. The number of benzene rings is 2. The van der Waals surface area contributed by atoms with Gasteiger partial charge >= 0.3 is 0 Å². The molecule has 1 unspecified atom stereocenters. The highest BCUT2D eigenvalue weighted by atomic mass is 16.5. The molecule has 3 N–H and O–H groups in total. The van der Waals surface area contributed by atoms with E-state index in [9.17, 15) is 5.11 Å². The highest BCUT2D eigenvalue weighted by molar-refractivity contribution is 5.79. The average Bonchev–Trinajstić information content (AvgIpc) is 2.76. The second kappa shape index (κ2) is 11.8. The van der Waals surface area contributed by atoms with Crippen molar-refractivity contribution in [3.8, 4) is 11.5 Å². The second-order valence-electron chi connectivity index (χ2n) is 6.58. The summed E-state index contributed by atoms with van der Waals surface area (Å²) in [6, 6.07) is 14.0. The molecule has 0 aliphatic rings. The maximum atomic E-state index is 9.73. The van der Waals surface area contributed by atoms with Crippen LogP contribution < -0.4 is 20.1 Å². The monoisotopic (exact) mass is 397 g/mol. The number of guanidine groups is 1. The van der Waals surface area contributed by atoms with Gasteiger partial charge in [0.25, 0.3) is 0 Å². The van der Waals surface area contributed by atoms with Crippen LogP contribution in [0.3, 0.4) is 0 Å². The summed E-state index contributed by atoms with van der Waals surface area (Å²) in [5.41, 5.74) is 3.15. The molecule has 0 saturated carbocycles. The molecule has 0 aromatic heterocycles. The van der Waals surface area contributed by atoms with Crippen LogP contribution in [0.5, 0.6) is 11.5 Å². The zero-order valence-electron chi connectivity index (χ0n) is 17.4. The van der Waals surface area contributed by atoms with E-state index in [4.69, 9.17) is 9.47 Å². The average molecular weight is 398 g/mol. The van der Waals surface area contributed by atoms with Crippen LogP contribution in [0.1, 0.15) is 22.6 Å². The molecule has 0 aliphatic carbocycles. The Morgan fingerprint density at radius 3 is 2.52 bits per heavy atom. The van der Waals surface area contributed by atoms with Crippen LogP contribution in [0, 0.1) is 0 Å². The number of methoxy groups -OCH3 is 2. The molecule has 1 atom stereocenters. The van der Waals surface area contributed by atoms with Gasteiger partial charge < -0.3 is 25.2 Å². The molecule has 156 valence electrons. The van der Waals surface area contributed by atoms with Crippen LogP contribution in [0.4, 0.5) is 0 Å². The lowest BCUT2D eigenvalue weighted by Gasteiger charge is -2.19. The van der Waals surface area contributed by atoms with Crippen LogP contribution in [0.15, 0.2) is 60.1 Å². The third-order valence-electron chi connectivity index (χ3n) is 4.67. The molecule has 0 aliphatic heterocycles. The Bertz CT molecular complexity index is 807. The number of ether oxygens (including phenoxy) is 2. The van der Waals surface area contributed by atoms with Gasteiger partial charge in [0.05, 0.1) is 20.8 Å². The molecule has 0 amide bonds. The number of aliphatic hydroxyl groups excluding tert-OH is 1. The lowest BCUT2D eigenvalue weighted by Crippen LogP contribution is -2.39. The molecule has 0 fully saturated rings. The molecule has 0 saturated heterocycles. The van der Waals surface area contributed by atoms with Crippen molar-refractivity contribution in [2.45, 2.75) is 18.9 Å². The van der Waals surface area contributed by atoms with Crippen molar-refractivity contribution in [1.29, 1.82) is 0 Å². The summed E-state index contributed by atoms with van der Waals surface area (Å²) in [6.45, 7) is 5.03. The van der Waals surface area contributed by atoms with Gasteiger partial charge in [-0.2, -0.15) is 0 Å². The van der Waals surface area contributed by atoms with Crippen molar-refractivity contribution in [2.24, 2.45) is 4.99 Å². The van der Waals surface area contributed by atoms with Crippen molar-refractivity contribution >= 4 is 5.96 Å². The third-order valence-corrected chi connectivity index (χ3v) is 4.67. The van der Waals surface area contributed by atoms with Gasteiger partial charge in [-0.25, -0.2) is 0 Å². The highest BCUT2D eigenvalue weighted by Gasteiger charge is 2.13. The minimum absolute atomic E-state index is 0.00461. The first-order valence-electron chi connectivity index (χ1n) is 9.61. The number of aliphatic imine (C=N–C) groups is 1. The Kier molecular flexibility index (Phi) is 9.05. The minimum atomic E-state index is -0.00461. The van der Waals surface area contributed by atoms with Crippen LogP contribution in [-0.4, -0.2) is 45.5 Å². The van der Waals surface area contributed by atoms with Crippen LogP contribution in [-0.2, 0) is 13.0 Å². The number of hydrogen-bond acceptors (Lipinski definition) is 4. The predicted molar refractivity (Wildman–Crippen MR) is 118 cm³/mol. The highest BCUT2D eigenvalue weighted by Crippen LogP contribution is 2.33. The Balaban J connectivity index is 2.03. The quantitative estimate of drug-likeness (QED) is 0.327. The predicted octanol–water partition coefficient (Wildman–Crippen LogP) is 2.87. The van der Waals surface area contributed by atoms with E-state index in [1.165, 1.54) is 0 Å². The Morgan fingerprint density at radius 2 is 1.93 bits per heavy atom. The van der Waals surface area contributed by atoms with Gasteiger partial charge in [-0.15, -0.1) is 6.58 Å². The summed E-state index contributed by atoms with van der Waals surface area (Å²) in [5.74, 6) is 2.08. The van der Waals surface area contributed by atoms with Gasteiger partial charge in [-0.3, -0.25) is 4.99 Å². The third kappa shape index (κ3) is 6.26. The zero-order chi connectivity index (χ0) is 21.1. The lowest BCUT2D eigenvalue weighted by atomic mass is 10.0. The van der Waals surface area contributed by atoms with Crippen LogP contribution in [0.25, 0.3) is 0 Å². The SMILES string of the molecule is C=CCc1cc(CNC(=NC)NCC(CO)c2ccccc2)cc(OC)c1OC. The summed E-state index contributed by atoms with van der Waals surface area (Å²) >= 11 is 0. The summed E-state index contributed by atoms with van der Waals surface area (Å²) in [5, 5.41) is 16.3. The van der Waals surface area contributed by atoms with Gasteiger partial charge in [-0.05, 0) is 29.7 Å². The zero-order valence-corrected chi connectivity index (χ0v) is 17.4. The fraction of sp³-hybridized carbons (Fsp3) is 0.348. The van der Waals surface area contributed by atoms with Gasteiger partial charge in [0.2, 0.25) is 0 Å². The Labute approximate surface area is 173 Å². The van der Waals surface area contributed by atoms with E-state index in [0.717, 1.165) is 22.4 Å². The van der Waals surface area contributed by atoms with Gasteiger partial charge in [-0.1, -0.05) is 36.4 Å². The number of nitrogens with zero attached hydrogens (tertiary/aromatic N) is 1. The number of rotatable bonds is 10. The molecule has 0 heterocycles. The van der Waals surface area contributed by atoms with Crippen molar-refractivity contribution < 1.29 is 14.6 Å². The van der Waals surface area contributed by atoms with E-state index in [2.05, 4.69) is 28.3 Å². The maximum Gasteiger partial charge on any atom is 0.191 e. The molecule has 0 spiro atoms. The number of allylic oxidation sites excluding steroid dienone is 1. The van der Waals surface area contributed by atoms with Crippen molar-refractivity contribution in [2.75, 3.05) is 34.4 Å². The van der Waals surface area contributed by atoms with Crippen molar-refractivity contribution in [3.05, 3.63) is 71.8 Å². The van der Waals surface area contributed by atoms with Gasteiger partial charge in [0.15, 0.2) is 17.5 Å². The van der Waals surface area contributed by atoms with E-state index >= 15 is 0 Å². The number of hydrogen-bond donors (Lipinski definition) is 3. The van der Waals surface area contributed by atoms with Gasteiger partial charge in [0.1, 0.15) is 0 Å². The maximum absolute atomic E-state index is 9.73. The molecule has 2 aromatic carbocycles. The normalized spacial score (nSPS) is 12.2. The molecular weight excluding hydrogens is 366 g/mol. The lowest BCUT2D eigenvalue weighted by molar-refractivity contribution is 0.265. The summed E-state index contributed by atoms with van der Waals surface area (Å²) < 4.78 is 11.0. The second-order valence-corrected chi connectivity index (χ2v) is 6.58. The molecule has 2 rings (SSSR count). The van der Waals surface area contributed by atoms with E-state index in [0.29, 0.717) is 31.2 Å². The Morgan fingerprint density at radius 1 is 1.17 bits per heavy atom. The van der Waals surface area contributed by atoms with Crippen LogP contribution in [0.2, 0.25) is 0 Å². The summed E-state index contributed by atoms with van der Waals surface area (Å²) in [6.07, 6.45) is 2.53. The van der Waals surface area contributed by atoms with E-state index in [-0.39, 0.29) is 12.5 Å². The minimum Gasteiger partial charge on any atom is -0.493 e. The first-order valence-corrected chi connectivity index (χ1v) is 9.61. The molecule has 2 aromatic rings. The van der Waals surface area contributed by atoms with E-state index < -0.39 is 0 Å². The molecule has 0 bridgehead atoms. The summed E-state index contributed by atoms with van der Waals surface area (Å²) in [7, 11) is 4.99. The number of nitrogens with one attached hydrogen (secondary N) is 2. The fourth-order valence-electron chi connectivity index (χ4n) is 3.15. The standard InChI is InChI=1S/C23H31N3O3/c1-5-9-19-12-17(13-21(28-3)22(19)29-4)14-25-23(24-2)26-15-20(16-27)18-10-7-6-8-11-18/h5-8,10-13,20,27H,1,9,14-16H2,2-4H3,(H2,24,25,26). The van der Waals surface area contributed by atoms with E-state index in [1.807, 2.05) is 42.5 Å². The topological polar surface area (TPSA) is 75.1 Å². The van der Waals surface area contributed by atoms with Crippen molar-refractivity contribution in [1.82, 2.24) is 10.6 Å². The molecule has 6 heteroatoms. The largest absolute Gasteiger partial charge is 0.493 e. The summed E-state index contributed by atoms with van der Waals surface area (Å²) in [4.78, 5) is 4.28. The Hall–Kier alpha value is -2.99. The first-order chi connectivity index (χ1) is 14.2. The van der Waals surface area contributed by atoms with Gasteiger partial charge in [0, 0.05) is 31.6 Å². The smallest absolute Gasteiger partial charge is 0.191 e. The van der Waals surface area contributed by atoms with Crippen LogP contribution >= 0.6 is 0 Å². The number of aliphatic hydroxyl groups is 1. The van der Waals surface area contributed by atoms with E-state index in [1.54, 1.807) is 21.3 Å². The molecular formula is C23H31N3O3. The molecule has 29 heavy (non-hydrogen) atoms. The van der Waals surface area contributed by atoms with Crippen molar-refractivity contribution in [3.63, 3.8) is 0 Å². The molecule has 0 radical (unpaired) electrons. The fourth-order valence-corrected chi connectivity index (χ4v) is 3.15.